The second kappa shape index (κ2) is 16.4. The maximum Gasteiger partial charge on any atom is 0.313 e. The average molecular weight is 717 g/mol. The van der Waals surface area contributed by atoms with Crippen molar-refractivity contribution in [2.45, 2.75) is 94.0 Å². The lowest BCUT2D eigenvalue weighted by Gasteiger charge is -2.41. The van der Waals surface area contributed by atoms with Gasteiger partial charge in [-0.3, -0.25) is 19.2 Å². The Labute approximate surface area is 287 Å². The molecule has 0 aliphatic carbocycles. The number of carbonyl (C=O) groups is 4. The van der Waals surface area contributed by atoms with Gasteiger partial charge in [0.25, 0.3) is 0 Å². The summed E-state index contributed by atoms with van der Waals surface area (Å²) < 4.78 is 12.8. The van der Waals surface area contributed by atoms with Gasteiger partial charge in [-0.2, -0.15) is 0 Å². The number of unbranched alkanes of at least 4 members (excludes halogenated alkanes) is 1. The number of nitrogens with zero attached hydrogens (tertiary/aromatic N) is 2. The molecule has 258 valence electrons. The number of aliphatic hydroxyl groups excluding tert-OH is 1. The van der Waals surface area contributed by atoms with Crippen molar-refractivity contribution >= 4 is 39.6 Å². The van der Waals surface area contributed by atoms with Gasteiger partial charge in [-0.1, -0.05) is 92.0 Å². The van der Waals surface area contributed by atoms with E-state index >= 15 is 0 Å². The number of halogens is 1. The Kier molecular flexibility index (Phi) is 12.8. The molecule has 4 rings (SSSR count). The van der Waals surface area contributed by atoms with Gasteiger partial charge in [-0.25, -0.2) is 0 Å². The van der Waals surface area contributed by atoms with Crippen molar-refractivity contribution in [1.82, 2.24) is 15.1 Å². The Morgan fingerprint density at radius 2 is 1.96 bits per heavy atom. The first-order valence-electron chi connectivity index (χ1n) is 16.9. The second-order valence-electron chi connectivity index (χ2n) is 12.9. The third-order valence-electron chi connectivity index (χ3n) is 10.0. The van der Waals surface area contributed by atoms with E-state index in [0.29, 0.717) is 37.9 Å². The molecule has 3 saturated heterocycles. The lowest BCUT2D eigenvalue weighted by atomic mass is 9.70. The summed E-state index contributed by atoms with van der Waals surface area (Å²) in [6, 6.07) is 7.47. The van der Waals surface area contributed by atoms with Crippen LogP contribution >= 0.6 is 15.9 Å². The molecule has 2 N–H and O–H groups in total. The third kappa shape index (κ3) is 7.37. The quantitative estimate of drug-likeness (QED) is 0.132. The van der Waals surface area contributed by atoms with E-state index in [9.17, 15) is 24.3 Å². The van der Waals surface area contributed by atoms with Crippen LogP contribution in [0.1, 0.15) is 71.0 Å². The lowest BCUT2D eigenvalue weighted by molar-refractivity contribution is -0.161. The highest BCUT2D eigenvalue weighted by molar-refractivity contribution is 9.09. The number of benzene rings is 1. The van der Waals surface area contributed by atoms with Gasteiger partial charge >= 0.3 is 5.97 Å². The van der Waals surface area contributed by atoms with Crippen molar-refractivity contribution in [3.63, 3.8) is 0 Å². The largest absolute Gasteiger partial charge is 0.455 e. The van der Waals surface area contributed by atoms with Gasteiger partial charge in [-0.05, 0) is 30.7 Å². The summed E-state index contributed by atoms with van der Waals surface area (Å²) in [5, 5.41) is 13.5. The van der Waals surface area contributed by atoms with Crippen LogP contribution in [-0.4, -0.2) is 93.5 Å². The minimum atomic E-state index is -1.29. The van der Waals surface area contributed by atoms with Crippen LogP contribution in [0.25, 0.3) is 0 Å². The Morgan fingerprint density at radius 3 is 2.57 bits per heavy atom. The molecule has 2 bridgehead atoms. The Morgan fingerprint density at radius 1 is 1.23 bits per heavy atom. The van der Waals surface area contributed by atoms with E-state index in [-0.39, 0.29) is 48.0 Å². The summed E-state index contributed by atoms with van der Waals surface area (Å²) in [5.74, 6) is -3.56. The number of fused-ring (bicyclic) bond motifs is 1. The number of allylic oxidation sites excluding steroid dienone is 1. The Balaban J connectivity index is 1.72. The molecule has 3 fully saturated rings. The van der Waals surface area contributed by atoms with Gasteiger partial charge in [0.15, 0.2) is 0 Å². The van der Waals surface area contributed by atoms with Crippen LogP contribution < -0.4 is 5.32 Å². The van der Waals surface area contributed by atoms with E-state index in [0.717, 1.165) is 12.8 Å². The molecule has 3 heterocycles. The normalized spacial score (nSPS) is 27.9. The highest BCUT2D eigenvalue weighted by atomic mass is 79.9. The lowest BCUT2D eigenvalue weighted by Crippen LogP contribution is -2.60. The van der Waals surface area contributed by atoms with Gasteiger partial charge < -0.3 is 29.7 Å². The topological polar surface area (TPSA) is 125 Å². The summed E-state index contributed by atoms with van der Waals surface area (Å²) in [4.78, 5) is 58.9. The van der Waals surface area contributed by atoms with E-state index in [1.807, 2.05) is 51.1 Å². The van der Waals surface area contributed by atoms with Crippen LogP contribution in [0.5, 0.6) is 0 Å². The second-order valence-corrected chi connectivity index (χ2v) is 14.1. The molecule has 0 saturated carbocycles. The number of alkyl halides is 1. The number of amides is 3. The van der Waals surface area contributed by atoms with Crippen LogP contribution in [-0.2, 0) is 28.7 Å². The zero-order chi connectivity index (χ0) is 34.3. The summed E-state index contributed by atoms with van der Waals surface area (Å²) in [5.41, 5.74) is -0.593. The van der Waals surface area contributed by atoms with E-state index in [1.54, 1.807) is 17.1 Å². The molecular formula is C36H50BrN3O7. The molecule has 9 atom stereocenters. The van der Waals surface area contributed by atoms with Crippen molar-refractivity contribution in [3.05, 3.63) is 61.2 Å². The number of nitrogens with one attached hydrogen (secondary N) is 1. The van der Waals surface area contributed by atoms with Gasteiger partial charge in [0.1, 0.15) is 17.7 Å². The van der Waals surface area contributed by atoms with Gasteiger partial charge in [0.2, 0.25) is 17.7 Å². The first kappa shape index (κ1) is 36.8. The molecule has 3 amide bonds. The van der Waals surface area contributed by atoms with Gasteiger partial charge in [0, 0.05) is 24.3 Å². The maximum absolute atomic E-state index is 14.7. The zero-order valence-electron chi connectivity index (χ0n) is 27.8. The molecule has 11 heteroatoms. The maximum atomic E-state index is 14.7. The number of hydrogen-bond acceptors (Lipinski definition) is 7. The number of carbonyl (C=O) groups excluding carboxylic acids is 4. The number of hydrogen-bond donors (Lipinski definition) is 2. The molecule has 1 unspecified atom stereocenters. The molecule has 1 spiro atoms. The van der Waals surface area contributed by atoms with Crippen LogP contribution in [0.4, 0.5) is 0 Å². The van der Waals surface area contributed by atoms with Crippen LogP contribution in [0.3, 0.4) is 0 Å². The fourth-order valence-corrected chi connectivity index (χ4v) is 8.34. The first-order chi connectivity index (χ1) is 22.6. The average Bonchev–Trinajstić information content (AvgIpc) is 3.67. The predicted molar refractivity (Wildman–Crippen MR) is 182 cm³/mol. The minimum Gasteiger partial charge on any atom is -0.455 e. The molecule has 47 heavy (non-hydrogen) atoms. The number of rotatable bonds is 18. The Hall–Kier alpha value is -3.02. The van der Waals surface area contributed by atoms with Crippen LogP contribution in [0, 0.1) is 17.8 Å². The Bertz CT molecular complexity index is 1290. The molecule has 3 aliphatic rings. The highest BCUT2D eigenvalue weighted by Crippen LogP contribution is 2.61. The number of aliphatic hydroxyl groups is 1. The van der Waals surface area contributed by atoms with Crippen LogP contribution in [0.15, 0.2) is 55.6 Å². The fourth-order valence-electron chi connectivity index (χ4n) is 7.40. The van der Waals surface area contributed by atoms with E-state index in [2.05, 4.69) is 34.4 Å². The van der Waals surface area contributed by atoms with E-state index < -0.39 is 47.7 Å². The SMILES string of the molecule is C=CCCC(=O)NC[C@H](OC(=O)[C@@H]1[C@H]2O[C@@]3(CC2Br)[C@H](C(=O)N(CC=C)CCCC)N([C@@H](CO)[C@@H](C)CC)C(=O)[C@@H]13)c1ccccc1. The predicted octanol–water partition coefficient (Wildman–Crippen LogP) is 4.32. The molecular weight excluding hydrogens is 666 g/mol. The van der Waals surface area contributed by atoms with Crippen LogP contribution in [0.2, 0.25) is 0 Å². The first-order valence-corrected chi connectivity index (χ1v) is 17.8. The number of likely N-dealkylation sites (tertiary alicyclic amines) is 1. The van der Waals surface area contributed by atoms with E-state index in [4.69, 9.17) is 9.47 Å². The van der Waals surface area contributed by atoms with Crippen molar-refractivity contribution in [2.24, 2.45) is 17.8 Å². The minimum absolute atomic E-state index is 0.0489. The van der Waals surface area contributed by atoms with Gasteiger partial charge in [0.05, 0.1) is 37.1 Å². The third-order valence-corrected chi connectivity index (χ3v) is 10.9. The van der Waals surface area contributed by atoms with Crippen molar-refractivity contribution in [3.8, 4) is 0 Å². The number of ether oxygens (including phenoxy) is 2. The van der Waals surface area contributed by atoms with Crippen molar-refractivity contribution in [1.29, 1.82) is 0 Å². The summed E-state index contributed by atoms with van der Waals surface area (Å²) in [7, 11) is 0. The summed E-state index contributed by atoms with van der Waals surface area (Å²) in [6.45, 7) is 14.0. The van der Waals surface area contributed by atoms with Crippen molar-refractivity contribution in [2.75, 3.05) is 26.2 Å². The molecule has 1 aromatic carbocycles. The fraction of sp³-hybridized carbons (Fsp3) is 0.611. The molecule has 3 aliphatic heterocycles. The van der Waals surface area contributed by atoms with Crippen molar-refractivity contribution < 1.29 is 33.8 Å². The molecule has 1 aromatic rings. The highest BCUT2D eigenvalue weighted by Gasteiger charge is 2.77. The smallest absolute Gasteiger partial charge is 0.313 e. The van der Waals surface area contributed by atoms with Gasteiger partial charge in [-0.15, -0.1) is 13.2 Å². The summed E-state index contributed by atoms with van der Waals surface area (Å²) in [6.07, 6.45) is 5.27. The van der Waals surface area contributed by atoms with E-state index in [1.165, 1.54) is 4.90 Å². The molecule has 0 aromatic heterocycles. The monoisotopic (exact) mass is 715 g/mol. The number of esters is 1. The summed E-state index contributed by atoms with van der Waals surface area (Å²) >= 11 is 3.73. The standard InChI is InChI=1S/C36H50BrN3O7/c1-6-10-17-28(42)38-21-27(24-15-13-12-14-16-24)46-35(45)29-30-33(43)40(26(22-41)23(5)9-4)32(36(30)20-25(37)31(29)47-36)34(44)39(18-8-3)19-11-7-2/h6,8,12-16,23,25-27,29-32,41H,1,3,7,9-11,17-22H2,2,4-5H3,(H,38,42)/t23-,25?,26-,27-,29-,30+,31-,32-,36+/m0/s1. The molecule has 0 radical (unpaired) electrons. The zero-order valence-corrected chi connectivity index (χ0v) is 29.4. The molecule has 10 nitrogen and oxygen atoms in total.